The molecule has 1 aliphatic heterocycles. The average Bonchev–Trinajstić information content (AvgIpc) is 2.78. The third-order valence-corrected chi connectivity index (χ3v) is 4.68. The largest absolute Gasteiger partial charge is 0.377 e. The molecule has 0 saturated carbocycles. The van der Waals surface area contributed by atoms with Crippen LogP contribution in [-0.2, 0) is 9.53 Å². The summed E-state index contributed by atoms with van der Waals surface area (Å²) in [5.41, 5.74) is 4.80. The van der Waals surface area contributed by atoms with E-state index in [1.807, 2.05) is 18.7 Å². The van der Waals surface area contributed by atoms with Gasteiger partial charge in [0, 0.05) is 17.6 Å². The summed E-state index contributed by atoms with van der Waals surface area (Å²) in [6.45, 7) is 4.89. The SMILES string of the molecule is CNC(C)(CC(C)SCC1CCCO1)C(N)=O. The number of carbonyl (C=O) groups is 1. The minimum Gasteiger partial charge on any atom is -0.377 e. The summed E-state index contributed by atoms with van der Waals surface area (Å²) in [7, 11) is 1.78. The number of thioether (sulfide) groups is 1. The molecule has 0 spiro atoms. The van der Waals surface area contributed by atoms with Gasteiger partial charge in [0.2, 0.25) is 5.91 Å². The van der Waals surface area contributed by atoms with Crippen LogP contribution < -0.4 is 11.1 Å². The Labute approximate surface area is 108 Å². The number of nitrogens with one attached hydrogen (secondary N) is 1. The number of primary amides is 1. The summed E-state index contributed by atoms with van der Waals surface area (Å²) in [4.78, 5) is 11.4. The summed E-state index contributed by atoms with van der Waals surface area (Å²) in [6.07, 6.45) is 3.49. The van der Waals surface area contributed by atoms with Gasteiger partial charge in [-0.05, 0) is 33.2 Å². The molecule has 1 aliphatic rings. The van der Waals surface area contributed by atoms with Crippen molar-refractivity contribution in [3.8, 4) is 0 Å². The molecule has 0 aromatic heterocycles. The molecular formula is C12H24N2O2S. The van der Waals surface area contributed by atoms with Crippen LogP contribution in [0.1, 0.15) is 33.1 Å². The molecule has 3 N–H and O–H groups in total. The number of amides is 1. The fraction of sp³-hybridized carbons (Fsp3) is 0.917. The van der Waals surface area contributed by atoms with E-state index < -0.39 is 5.54 Å². The lowest BCUT2D eigenvalue weighted by Crippen LogP contribution is -2.52. The molecule has 3 atom stereocenters. The molecule has 1 saturated heterocycles. The van der Waals surface area contributed by atoms with Crippen LogP contribution in [0.5, 0.6) is 0 Å². The van der Waals surface area contributed by atoms with E-state index in [4.69, 9.17) is 10.5 Å². The van der Waals surface area contributed by atoms with Crippen molar-refractivity contribution in [2.75, 3.05) is 19.4 Å². The minimum absolute atomic E-state index is 0.287. The second kappa shape index (κ2) is 6.61. The number of carbonyl (C=O) groups excluding carboxylic acids is 1. The fourth-order valence-corrected chi connectivity index (χ4v) is 3.26. The van der Waals surface area contributed by atoms with Crippen molar-refractivity contribution in [3.63, 3.8) is 0 Å². The summed E-state index contributed by atoms with van der Waals surface area (Å²) in [6, 6.07) is 0. The van der Waals surface area contributed by atoms with Crippen molar-refractivity contribution in [1.82, 2.24) is 5.32 Å². The van der Waals surface area contributed by atoms with Crippen LogP contribution in [0, 0.1) is 0 Å². The molecule has 100 valence electrons. The molecule has 1 rings (SSSR count). The van der Waals surface area contributed by atoms with Crippen LogP contribution in [0.2, 0.25) is 0 Å². The highest BCUT2D eigenvalue weighted by Gasteiger charge is 2.31. The first-order valence-corrected chi connectivity index (χ1v) is 7.25. The lowest BCUT2D eigenvalue weighted by Gasteiger charge is -2.28. The van der Waals surface area contributed by atoms with Gasteiger partial charge in [-0.1, -0.05) is 6.92 Å². The molecule has 4 nitrogen and oxygen atoms in total. The van der Waals surface area contributed by atoms with Crippen LogP contribution >= 0.6 is 11.8 Å². The van der Waals surface area contributed by atoms with Crippen molar-refractivity contribution in [2.24, 2.45) is 5.73 Å². The van der Waals surface area contributed by atoms with Crippen molar-refractivity contribution in [3.05, 3.63) is 0 Å². The van der Waals surface area contributed by atoms with Gasteiger partial charge in [0.15, 0.2) is 0 Å². The van der Waals surface area contributed by atoms with Crippen molar-refractivity contribution in [2.45, 2.75) is 50.0 Å². The van der Waals surface area contributed by atoms with Gasteiger partial charge in [-0.3, -0.25) is 4.79 Å². The number of likely N-dealkylation sites (N-methyl/N-ethyl adjacent to an activating group) is 1. The molecule has 0 aromatic rings. The second-order valence-electron chi connectivity index (χ2n) is 4.93. The zero-order valence-corrected chi connectivity index (χ0v) is 11.8. The summed E-state index contributed by atoms with van der Waals surface area (Å²) >= 11 is 1.86. The molecule has 0 aromatic carbocycles. The van der Waals surface area contributed by atoms with Gasteiger partial charge < -0.3 is 15.8 Å². The quantitative estimate of drug-likeness (QED) is 0.720. The standard InChI is InChI=1S/C12H24N2O2S/c1-9(7-12(2,14-3)11(13)15)17-8-10-5-4-6-16-10/h9-10,14H,4-8H2,1-3H3,(H2,13,15). The van der Waals surface area contributed by atoms with Crippen molar-refractivity contribution in [1.29, 1.82) is 0 Å². The number of hydrogen-bond donors (Lipinski definition) is 2. The predicted octanol–water partition coefficient (Wildman–Crippen LogP) is 1.14. The summed E-state index contributed by atoms with van der Waals surface area (Å²) < 4.78 is 5.58. The van der Waals surface area contributed by atoms with E-state index in [1.165, 1.54) is 12.8 Å². The average molecular weight is 260 g/mol. The van der Waals surface area contributed by atoms with Crippen LogP contribution in [0.25, 0.3) is 0 Å². The predicted molar refractivity (Wildman–Crippen MR) is 72.2 cm³/mol. The van der Waals surface area contributed by atoms with Gasteiger partial charge in [-0.15, -0.1) is 0 Å². The maximum atomic E-state index is 11.4. The number of hydrogen-bond acceptors (Lipinski definition) is 4. The molecule has 1 heterocycles. The minimum atomic E-state index is -0.608. The molecule has 0 aliphatic carbocycles. The van der Waals surface area contributed by atoms with Crippen LogP contribution in [0.4, 0.5) is 0 Å². The smallest absolute Gasteiger partial charge is 0.237 e. The van der Waals surface area contributed by atoms with Crippen molar-refractivity contribution >= 4 is 17.7 Å². The Morgan fingerprint density at radius 2 is 2.41 bits per heavy atom. The van der Waals surface area contributed by atoms with E-state index in [0.717, 1.165) is 18.8 Å². The van der Waals surface area contributed by atoms with E-state index in [0.29, 0.717) is 11.4 Å². The number of rotatable bonds is 7. The molecular weight excluding hydrogens is 236 g/mol. The Bertz CT molecular complexity index is 257. The maximum Gasteiger partial charge on any atom is 0.237 e. The topological polar surface area (TPSA) is 64.3 Å². The maximum absolute atomic E-state index is 11.4. The molecule has 17 heavy (non-hydrogen) atoms. The van der Waals surface area contributed by atoms with E-state index in [2.05, 4.69) is 12.2 Å². The van der Waals surface area contributed by atoms with Gasteiger partial charge in [-0.25, -0.2) is 0 Å². The van der Waals surface area contributed by atoms with Gasteiger partial charge >= 0.3 is 0 Å². The fourth-order valence-electron chi connectivity index (χ4n) is 2.01. The van der Waals surface area contributed by atoms with Gasteiger partial charge in [-0.2, -0.15) is 11.8 Å². The zero-order valence-electron chi connectivity index (χ0n) is 11.0. The molecule has 3 unspecified atom stereocenters. The molecule has 1 amide bonds. The summed E-state index contributed by atoms with van der Waals surface area (Å²) in [5, 5.41) is 3.41. The van der Waals surface area contributed by atoms with Gasteiger partial charge in [0.1, 0.15) is 0 Å². The van der Waals surface area contributed by atoms with E-state index in [-0.39, 0.29) is 5.91 Å². The van der Waals surface area contributed by atoms with Gasteiger partial charge in [0.05, 0.1) is 11.6 Å². The highest BCUT2D eigenvalue weighted by molar-refractivity contribution is 7.99. The third kappa shape index (κ3) is 4.48. The van der Waals surface area contributed by atoms with Crippen LogP contribution in [0.3, 0.4) is 0 Å². The lowest BCUT2D eigenvalue weighted by atomic mass is 9.95. The monoisotopic (exact) mass is 260 g/mol. The van der Waals surface area contributed by atoms with E-state index >= 15 is 0 Å². The highest BCUT2D eigenvalue weighted by atomic mass is 32.2. The Hall–Kier alpha value is -0.260. The third-order valence-electron chi connectivity index (χ3n) is 3.38. The first-order chi connectivity index (χ1) is 7.98. The van der Waals surface area contributed by atoms with Crippen LogP contribution in [-0.4, -0.2) is 42.2 Å². The zero-order chi connectivity index (χ0) is 12.9. The number of nitrogens with two attached hydrogens (primary N) is 1. The van der Waals surface area contributed by atoms with E-state index in [9.17, 15) is 4.79 Å². The Kier molecular flexibility index (Phi) is 5.76. The Balaban J connectivity index is 2.31. The summed E-state index contributed by atoms with van der Waals surface area (Å²) in [5.74, 6) is 0.726. The van der Waals surface area contributed by atoms with E-state index in [1.54, 1.807) is 7.05 Å². The first kappa shape index (κ1) is 14.8. The first-order valence-electron chi connectivity index (χ1n) is 6.20. The number of ether oxygens (including phenoxy) is 1. The second-order valence-corrected chi connectivity index (χ2v) is 6.40. The lowest BCUT2D eigenvalue weighted by molar-refractivity contribution is -0.123. The molecule has 1 fully saturated rings. The highest BCUT2D eigenvalue weighted by Crippen LogP contribution is 2.25. The van der Waals surface area contributed by atoms with Gasteiger partial charge in [0.25, 0.3) is 0 Å². The molecule has 0 radical (unpaired) electrons. The molecule has 0 bridgehead atoms. The normalized spacial score (nSPS) is 25.5. The Morgan fingerprint density at radius 1 is 1.71 bits per heavy atom. The molecule has 5 heteroatoms. The van der Waals surface area contributed by atoms with Crippen molar-refractivity contribution < 1.29 is 9.53 Å². The van der Waals surface area contributed by atoms with Crippen LogP contribution in [0.15, 0.2) is 0 Å². The Morgan fingerprint density at radius 3 is 2.88 bits per heavy atom.